The molecule has 1 N–H and O–H groups in total. The Kier molecular flexibility index (Phi) is 4.91. The largest absolute Gasteiger partial charge is 0.481 e. The van der Waals surface area contributed by atoms with Gasteiger partial charge in [0.25, 0.3) is 5.91 Å². The standard InChI is InChI=1S/C17H12F3NO2/c1-3-11-7-14(19)16(15(20)8-11)21-17(22)10(2)23-13-6-4-5-12(18)9-13/h1,4-10H,2H3,(H,21,22)/t10-/m0/s1. The van der Waals surface area contributed by atoms with E-state index in [4.69, 9.17) is 11.2 Å². The van der Waals surface area contributed by atoms with E-state index in [0.29, 0.717) is 0 Å². The first-order valence-corrected chi connectivity index (χ1v) is 6.59. The predicted octanol–water partition coefficient (Wildman–Crippen LogP) is 3.49. The number of amides is 1. The van der Waals surface area contributed by atoms with Crippen LogP contribution in [0.5, 0.6) is 5.75 Å². The molecule has 2 rings (SSSR count). The van der Waals surface area contributed by atoms with Crippen LogP contribution in [-0.4, -0.2) is 12.0 Å². The first-order chi connectivity index (χ1) is 10.9. The molecule has 0 aromatic heterocycles. The van der Waals surface area contributed by atoms with Crippen LogP contribution in [0.4, 0.5) is 18.9 Å². The average Bonchev–Trinajstić information content (AvgIpc) is 2.50. The summed E-state index contributed by atoms with van der Waals surface area (Å²) in [5, 5.41) is 2.09. The monoisotopic (exact) mass is 319 g/mol. The molecular weight excluding hydrogens is 307 g/mol. The SMILES string of the molecule is C#Cc1cc(F)c(NC(=O)[C@H](C)Oc2cccc(F)c2)c(F)c1. The topological polar surface area (TPSA) is 38.3 Å². The lowest BCUT2D eigenvalue weighted by Gasteiger charge is -2.15. The number of anilines is 1. The molecule has 6 heteroatoms. The number of carbonyl (C=O) groups is 1. The van der Waals surface area contributed by atoms with Crippen LogP contribution < -0.4 is 10.1 Å². The highest BCUT2D eigenvalue weighted by Gasteiger charge is 2.19. The Labute approximate surface area is 131 Å². The molecule has 0 aliphatic rings. The van der Waals surface area contributed by atoms with E-state index in [1.54, 1.807) is 0 Å². The summed E-state index contributed by atoms with van der Waals surface area (Å²) in [6.45, 7) is 1.37. The first kappa shape index (κ1) is 16.4. The predicted molar refractivity (Wildman–Crippen MR) is 79.4 cm³/mol. The van der Waals surface area contributed by atoms with Gasteiger partial charge in [0.15, 0.2) is 17.7 Å². The third kappa shape index (κ3) is 4.04. The average molecular weight is 319 g/mol. The highest BCUT2D eigenvalue weighted by atomic mass is 19.1. The van der Waals surface area contributed by atoms with Crippen LogP contribution in [0.25, 0.3) is 0 Å². The molecule has 2 aromatic rings. The normalized spacial score (nSPS) is 11.4. The fourth-order valence-electron chi connectivity index (χ4n) is 1.80. The van der Waals surface area contributed by atoms with Gasteiger partial charge in [-0.2, -0.15) is 0 Å². The summed E-state index contributed by atoms with van der Waals surface area (Å²) < 4.78 is 45.8. The van der Waals surface area contributed by atoms with Crippen molar-refractivity contribution >= 4 is 11.6 Å². The zero-order valence-corrected chi connectivity index (χ0v) is 12.1. The maximum Gasteiger partial charge on any atom is 0.265 e. The zero-order valence-electron chi connectivity index (χ0n) is 12.1. The molecule has 1 atom stereocenters. The van der Waals surface area contributed by atoms with Crippen LogP contribution >= 0.6 is 0 Å². The van der Waals surface area contributed by atoms with E-state index >= 15 is 0 Å². The van der Waals surface area contributed by atoms with Gasteiger partial charge in [0.05, 0.1) is 0 Å². The fraction of sp³-hybridized carbons (Fsp3) is 0.118. The molecule has 0 heterocycles. The summed E-state index contributed by atoms with van der Waals surface area (Å²) in [5.41, 5.74) is -0.606. The van der Waals surface area contributed by atoms with Crippen molar-refractivity contribution in [3.05, 3.63) is 59.4 Å². The number of terminal acetylenes is 1. The third-order valence-electron chi connectivity index (χ3n) is 2.94. The van der Waals surface area contributed by atoms with E-state index in [9.17, 15) is 18.0 Å². The second-order valence-corrected chi connectivity index (χ2v) is 4.67. The van der Waals surface area contributed by atoms with Crippen molar-refractivity contribution < 1.29 is 22.7 Å². The van der Waals surface area contributed by atoms with Gasteiger partial charge in [-0.3, -0.25) is 4.79 Å². The number of halogens is 3. The van der Waals surface area contributed by atoms with E-state index in [2.05, 4.69) is 11.2 Å². The summed E-state index contributed by atoms with van der Waals surface area (Å²) in [6.07, 6.45) is 3.97. The number of benzene rings is 2. The lowest BCUT2D eigenvalue weighted by molar-refractivity contribution is -0.122. The van der Waals surface area contributed by atoms with Crippen molar-refractivity contribution in [3.63, 3.8) is 0 Å². The zero-order chi connectivity index (χ0) is 17.0. The molecule has 118 valence electrons. The molecule has 0 aliphatic heterocycles. The van der Waals surface area contributed by atoms with Crippen LogP contribution in [0, 0.1) is 29.8 Å². The van der Waals surface area contributed by atoms with Gasteiger partial charge in [0.1, 0.15) is 17.3 Å². The second-order valence-electron chi connectivity index (χ2n) is 4.67. The summed E-state index contributed by atoms with van der Waals surface area (Å²) in [7, 11) is 0. The lowest BCUT2D eigenvalue weighted by atomic mass is 10.2. The number of ether oxygens (including phenoxy) is 1. The number of rotatable bonds is 4. The number of nitrogens with one attached hydrogen (secondary N) is 1. The molecule has 0 spiro atoms. The highest BCUT2D eigenvalue weighted by Crippen LogP contribution is 2.21. The van der Waals surface area contributed by atoms with Crippen molar-refractivity contribution in [3.8, 4) is 18.1 Å². The Hall–Kier alpha value is -2.94. The maximum absolute atomic E-state index is 13.8. The van der Waals surface area contributed by atoms with Gasteiger partial charge in [0.2, 0.25) is 0 Å². The highest BCUT2D eigenvalue weighted by molar-refractivity contribution is 5.94. The Balaban J connectivity index is 2.11. The van der Waals surface area contributed by atoms with Crippen molar-refractivity contribution in [2.75, 3.05) is 5.32 Å². The van der Waals surface area contributed by atoms with Crippen LogP contribution in [0.3, 0.4) is 0 Å². The smallest absolute Gasteiger partial charge is 0.265 e. The fourth-order valence-corrected chi connectivity index (χ4v) is 1.80. The molecule has 23 heavy (non-hydrogen) atoms. The van der Waals surface area contributed by atoms with Crippen molar-refractivity contribution in [2.24, 2.45) is 0 Å². The quantitative estimate of drug-likeness (QED) is 0.876. The van der Waals surface area contributed by atoms with Gasteiger partial charge in [0, 0.05) is 11.6 Å². The molecule has 0 radical (unpaired) electrons. The maximum atomic E-state index is 13.8. The van der Waals surface area contributed by atoms with E-state index in [1.807, 2.05) is 0 Å². The summed E-state index contributed by atoms with van der Waals surface area (Å²) >= 11 is 0. The van der Waals surface area contributed by atoms with Crippen LogP contribution in [0.2, 0.25) is 0 Å². The second kappa shape index (κ2) is 6.88. The van der Waals surface area contributed by atoms with E-state index < -0.39 is 35.2 Å². The van der Waals surface area contributed by atoms with Gasteiger partial charge in [-0.15, -0.1) is 6.42 Å². The molecule has 0 aliphatic carbocycles. The van der Waals surface area contributed by atoms with E-state index in [0.717, 1.165) is 18.2 Å². The summed E-state index contributed by atoms with van der Waals surface area (Å²) in [6, 6.07) is 7.03. The molecule has 0 saturated heterocycles. The van der Waals surface area contributed by atoms with E-state index in [-0.39, 0.29) is 11.3 Å². The minimum Gasteiger partial charge on any atom is -0.481 e. The number of hydrogen-bond acceptors (Lipinski definition) is 2. The van der Waals surface area contributed by atoms with Gasteiger partial charge in [-0.05, 0) is 31.2 Å². The summed E-state index contributed by atoms with van der Waals surface area (Å²) in [5.74, 6) is -1.10. The Bertz CT molecular complexity index is 761. The Morgan fingerprint density at radius 3 is 2.43 bits per heavy atom. The van der Waals surface area contributed by atoms with Gasteiger partial charge in [-0.25, -0.2) is 13.2 Å². The summed E-state index contributed by atoms with van der Waals surface area (Å²) in [4.78, 5) is 12.0. The molecule has 3 nitrogen and oxygen atoms in total. The molecule has 0 fully saturated rings. The minimum absolute atomic E-state index is 0.0158. The first-order valence-electron chi connectivity index (χ1n) is 6.59. The van der Waals surface area contributed by atoms with Gasteiger partial charge < -0.3 is 10.1 Å². The number of carbonyl (C=O) groups excluding carboxylic acids is 1. The van der Waals surface area contributed by atoms with Crippen LogP contribution in [0.15, 0.2) is 36.4 Å². The van der Waals surface area contributed by atoms with Gasteiger partial charge >= 0.3 is 0 Å². The van der Waals surface area contributed by atoms with Crippen LogP contribution in [0.1, 0.15) is 12.5 Å². The molecule has 0 bridgehead atoms. The molecule has 1 amide bonds. The number of hydrogen-bond donors (Lipinski definition) is 1. The van der Waals surface area contributed by atoms with Crippen molar-refractivity contribution in [1.29, 1.82) is 0 Å². The third-order valence-corrected chi connectivity index (χ3v) is 2.94. The lowest BCUT2D eigenvalue weighted by Crippen LogP contribution is -2.30. The Morgan fingerprint density at radius 2 is 1.87 bits per heavy atom. The minimum atomic E-state index is -1.09. The van der Waals surface area contributed by atoms with Crippen LogP contribution in [-0.2, 0) is 4.79 Å². The van der Waals surface area contributed by atoms with Crippen molar-refractivity contribution in [2.45, 2.75) is 13.0 Å². The molecule has 0 saturated carbocycles. The van der Waals surface area contributed by atoms with Crippen molar-refractivity contribution in [1.82, 2.24) is 0 Å². The molecule has 2 aromatic carbocycles. The Morgan fingerprint density at radius 1 is 1.22 bits per heavy atom. The molecular formula is C17H12F3NO2. The van der Waals surface area contributed by atoms with Gasteiger partial charge in [-0.1, -0.05) is 12.0 Å². The molecule has 0 unspecified atom stereocenters. The van der Waals surface area contributed by atoms with E-state index in [1.165, 1.54) is 25.1 Å².